The minimum absolute atomic E-state index is 0.00475. The van der Waals surface area contributed by atoms with E-state index >= 15 is 0 Å². The molecule has 9 heteroatoms. The zero-order valence-electron chi connectivity index (χ0n) is 11.7. The first-order valence-electron chi connectivity index (χ1n) is 5.96. The topological polar surface area (TPSA) is 57.7 Å². The largest absolute Gasteiger partial charge is 0.348 e. The normalized spacial score (nSPS) is 11.8. The van der Waals surface area contributed by atoms with Crippen LogP contribution in [0.1, 0.15) is 6.92 Å². The molecule has 118 valence electrons. The van der Waals surface area contributed by atoms with Gasteiger partial charge in [0.1, 0.15) is 4.90 Å². The number of amides is 1. The Labute approximate surface area is 143 Å². The van der Waals surface area contributed by atoms with Crippen molar-refractivity contribution in [1.82, 2.24) is 9.21 Å². The summed E-state index contributed by atoms with van der Waals surface area (Å²) in [5.41, 5.74) is 0. The van der Waals surface area contributed by atoms with Crippen LogP contribution in [0.15, 0.2) is 21.5 Å². The number of nitrogens with zero attached hydrogens (tertiary/aromatic N) is 2. The van der Waals surface area contributed by atoms with Crippen LogP contribution in [0, 0.1) is 0 Å². The van der Waals surface area contributed by atoms with Gasteiger partial charge in [-0.1, -0.05) is 46.1 Å². The van der Waals surface area contributed by atoms with E-state index in [1.54, 1.807) is 21.0 Å². The lowest BCUT2D eigenvalue weighted by molar-refractivity contribution is -0.128. The van der Waals surface area contributed by atoms with Gasteiger partial charge in [-0.15, -0.1) is 0 Å². The molecule has 0 heterocycles. The van der Waals surface area contributed by atoms with E-state index in [0.29, 0.717) is 4.47 Å². The van der Waals surface area contributed by atoms with Gasteiger partial charge in [0.2, 0.25) is 15.9 Å². The molecule has 1 aromatic carbocycles. The van der Waals surface area contributed by atoms with Gasteiger partial charge in [0.05, 0.1) is 16.6 Å². The number of hydrogen-bond donors (Lipinski definition) is 0. The van der Waals surface area contributed by atoms with Crippen molar-refractivity contribution in [1.29, 1.82) is 0 Å². The molecule has 0 aliphatic carbocycles. The lowest BCUT2D eigenvalue weighted by Crippen LogP contribution is -2.40. The second kappa shape index (κ2) is 7.28. The standard InChI is InChI=1S/C12H15BrCl2N2O3S/c1-4-17(7-11(18)16(2)3)21(19,20)12-9(14)5-8(13)6-10(12)15/h5-6H,4,7H2,1-3H3. The van der Waals surface area contributed by atoms with Crippen LogP contribution >= 0.6 is 39.1 Å². The van der Waals surface area contributed by atoms with Crippen LogP contribution < -0.4 is 0 Å². The van der Waals surface area contributed by atoms with Gasteiger partial charge in [0.15, 0.2) is 0 Å². The van der Waals surface area contributed by atoms with Crippen molar-refractivity contribution in [3.63, 3.8) is 0 Å². The van der Waals surface area contributed by atoms with Crippen LogP contribution in [0.2, 0.25) is 10.0 Å². The molecule has 0 atom stereocenters. The van der Waals surface area contributed by atoms with Gasteiger partial charge in [0, 0.05) is 25.1 Å². The summed E-state index contributed by atoms with van der Waals surface area (Å²) in [6, 6.07) is 2.89. The van der Waals surface area contributed by atoms with Gasteiger partial charge in [-0.05, 0) is 12.1 Å². The van der Waals surface area contributed by atoms with E-state index < -0.39 is 10.0 Å². The van der Waals surface area contributed by atoms with Crippen LogP contribution in [0.5, 0.6) is 0 Å². The highest BCUT2D eigenvalue weighted by Gasteiger charge is 2.30. The molecule has 0 bridgehead atoms. The van der Waals surface area contributed by atoms with Crippen molar-refractivity contribution in [2.75, 3.05) is 27.2 Å². The number of rotatable bonds is 5. The average Bonchev–Trinajstić information content (AvgIpc) is 2.33. The minimum atomic E-state index is -3.96. The minimum Gasteiger partial charge on any atom is -0.348 e. The summed E-state index contributed by atoms with van der Waals surface area (Å²) >= 11 is 15.2. The van der Waals surface area contributed by atoms with Crippen molar-refractivity contribution in [2.45, 2.75) is 11.8 Å². The van der Waals surface area contributed by atoms with Crippen LogP contribution in [0.3, 0.4) is 0 Å². The van der Waals surface area contributed by atoms with Crippen molar-refractivity contribution in [3.05, 3.63) is 26.7 Å². The number of carbonyl (C=O) groups excluding carboxylic acids is 1. The Kier molecular flexibility index (Phi) is 6.49. The van der Waals surface area contributed by atoms with Crippen molar-refractivity contribution in [3.8, 4) is 0 Å². The second-order valence-corrected chi connectivity index (χ2v) is 8.02. The lowest BCUT2D eigenvalue weighted by atomic mass is 10.4. The summed E-state index contributed by atoms with van der Waals surface area (Å²) in [6.45, 7) is 1.50. The van der Waals surface area contributed by atoms with E-state index in [1.807, 2.05) is 0 Å². The number of benzene rings is 1. The molecule has 0 spiro atoms. The zero-order valence-corrected chi connectivity index (χ0v) is 15.6. The summed E-state index contributed by atoms with van der Waals surface area (Å²) < 4.78 is 26.9. The van der Waals surface area contributed by atoms with E-state index in [2.05, 4.69) is 15.9 Å². The molecule has 0 saturated heterocycles. The smallest absolute Gasteiger partial charge is 0.246 e. The lowest BCUT2D eigenvalue weighted by Gasteiger charge is -2.23. The highest BCUT2D eigenvalue weighted by molar-refractivity contribution is 9.10. The molecule has 0 unspecified atom stereocenters. The summed E-state index contributed by atoms with van der Waals surface area (Å²) in [5.74, 6) is -0.329. The molecule has 0 aliphatic heterocycles. The van der Waals surface area contributed by atoms with Gasteiger partial charge in [0.25, 0.3) is 0 Å². The highest BCUT2D eigenvalue weighted by Crippen LogP contribution is 2.34. The zero-order chi connectivity index (χ0) is 16.4. The van der Waals surface area contributed by atoms with E-state index in [-0.39, 0.29) is 33.9 Å². The second-order valence-electron chi connectivity index (χ2n) is 4.42. The molecular weight excluding hydrogens is 403 g/mol. The van der Waals surface area contributed by atoms with Crippen LogP contribution in [-0.2, 0) is 14.8 Å². The molecule has 21 heavy (non-hydrogen) atoms. The Morgan fingerprint density at radius 3 is 2.10 bits per heavy atom. The predicted octanol–water partition coefficient (Wildman–Crippen LogP) is 2.85. The summed E-state index contributed by atoms with van der Waals surface area (Å²) in [5, 5.41) is 0.00949. The molecule has 0 radical (unpaired) electrons. The Morgan fingerprint density at radius 2 is 1.71 bits per heavy atom. The molecule has 0 saturated carbocycles. The summed E-state index contributed by atoms with van der Waals surface area (Å²) in [6.07, 6.45) is 0. The van der Waals surface area contributed by atoms with Gasteiger partial charge < -0.3 is 4.90 Å². The third kappa shape index (κ3) is 4.32. The van der Waals surface area contributed by atoms with Crippen molar-refractivity contribution < 1.29 is 13.2 Å². The maximum Gasteiger partial charge on any atom is 0.246 e. The first kappa shape index (κ1) is 18.7. The van der Waals surface area contributed by atoms with Gasteiger partial charge in [-0.3, -0.25) is 4.79 Å². The van der Waals surface area contributed by atoms with Crippen molar-refractivity contribution >= 4 is 55.1 Å². The third-order valence-corrected chi connectivity index (χ3v) is 6.03. The molecule has 5 nitrogen and oxygen atoms in total. The fraction of sp³-hybridized carbons (Fsp3) is 0.417. The highest BCUT2D eigenvalue weighted by atomic mass is 79.9. The van der Waals surface area contributed by atoms with E-state index in [0.717, 1.165) is 4.31 Å². The van der Waals surface area contributed by atoms with Crippen LogP contribution in [0.25, 0.3) is 0 Å². The molecule has 0 fully saturated rings. The van der Waals surface area contributed by atoms with Crippen LogP contribution in [-0.4, -0.2) is 50.7 Å². The average molecular weight is 418 g/mol. The molecule has 1 aromatic rings. The third-order valence-electron chi connectivity index (χ3n) is 2.72. The molecule has 0 N–H and O–H groups in total. The number of likely N-dealkylation sites (N-methyl/N-ethyl adjacent to an activating group) is 2. The first-order chi connectivity index (χ1) is 9.61. The quantitative estimate of drug-likeness (QED) is 0.739. The van der Waals surface area contributed by atoms with Crippen LogP contribution in [0.4, 0.5) is 0 Å². The van der Waals surface area contributed by atoms with Gasteiger partial charge in [-0.25, -0.2) is 8.42 Å². The monoisotopic (exact) mass is 416 g/mol. The molecule has 0 aliphatic rings. The van der Waals surface area contributed by atoms with E-state index in [9.17, 15) is 13.2 Å². The Hall–Kier alpha value is -0.340. The van der Waals surface area contributed by atoms with E-state index in [1.165, 1.54) is 17.0 Å². The van der Waals surface area contributed by atoms with Gasteiger partial charge in [-0.2, -0.15) is 4.31 Å². The first-order valence-corrected chi connectivity index (χ1v) is 8.95. The fourth-order valence-corrected chi connectivity index (χ4v) is 4.85. The molecule has 1 amide bonds. The number of halogens is 3. The number of sulfonamides is 1. The van der Waals surface area contributed by atoms with Gasteiger partial charge >= 0.3 is 0 Å². The number of hydrogen-bond acceptors (Lipinski definition) is 3. The number of carbonyl (C=O) groups is 1. The maximum atomic E-state index is 12.6. The summed E-state index contributed by atoms with van der Waals surface area (Å²) in [7, 11) is -0.841. The fourth-order valence-electron chi connectivity index (χ4n) is 1.56. The van der Waals surface area contributed by atoms with E-state index in [4.69, 9.17) is 23.2 Å². The van der Waals surface area contributed by atoms with Crippen molar-refractivity contribution in [2.24, 2.45) is 0 Å². The molecular formula is C12H15BrCl2N2O3S. The predicted molar refractivity (Wildman–Crippen MR) is 87.3 cm³/mol. The maximum absolute atomic E-state index is 12.6. The Balaban J connectivity index is 3.29. The SMILES string of the molecule is CCN(CC(=O)N(C)C)S(=O)(=O)c1c(Cl)cc(Br)cc1Cl. The Bertz CT molecular complexity index is 627. The molecule has 0 aromatic heterocycles. The molecule has 1 rings (SSSR count). The summed E-state index contributed by atoms with van der Waals surface area (Å²) in [4.78, 5) is 12.9. The Morgan fingerprint density at radius 1 is 1.24 bits per heavy atom.